The van der Waals surface area contributed by atoms with Gasteiger partial charge in [-0.25, -0.2) is 4.79 Å². The topological polar surface area (TPSA) is 58.6 Å². The fourth-order valence-electron chi connectivity index (χ4n) is 2.18. The molecule has 5 heteroatoms. The zero-order valence-corrected chi connectivity index (χ0v) is 13.9. The molecule has 2 rings (SSSR count). The second-order valence-corrected chi connectivity index (χ2v) is 6.40. The summed E-state index contributed by atoms with van der Waals surface area (Å²) in [5, 5.41) is 4.83. The molecule has 2 aromatic rings. The molecule has 0 radical (unpaired) electrons. The first-order valence-electron chi connectivity index (χ1n) is 7.48. The van der Waals surface area contributed by atoms with Gasteiger partial charge in [0, 0.05) is 12.4 Å². The van der Waals surface area contributed by atoms with Crippen molar-refractivity contribution in [1.82, 2.24) is 4.90 Å². The Balaban J connectivity index is 2.04. The maximum atomic E-state index is 12.3. The van der Waals surface area contributed by atoms with Crippen LogP contribution < -0.4 is 5.32 Å². The highest BCUT2D eigenvalue weighted by Gasteiger charge is 2.20. The molecule has 0 spiro atoms. The summed E-state index contributed by atoms with van der Waals surface area (Å²) in [4.78, 5) is 25.4. The molecule has 0 heterocycles. The van der Waals surface area contributed by atoms with Crippen molar-refractivity contribution in [1.29, 1.82) is 0 Å². The van der Waals surface area contributed by atoms with Gasteiger partial charge in [0.05, 0.1) is 5.69 Å². The van der Waals surface area contributed by atoms with Gasteiger partial charge in [0.1, 0.15) is 12.1 Å². The largest absolute Gasteiger partial charge is 0.459 e. The lowest BCUT2D eigenvalue weighted by Gasteiger charge is -2.23. The second-order valence-electron chi connectivity index (χ2n) is 6.40. The molecule has 0 fully saturated rings. The lowest BCUT2D eigenvalue weighted by molar-refractivity contribution is -0.155. The Hall–Kier alpha value is -2.56. The summed E-state index contributed by atoms with van der Waals surface area (Å²) in [7, 11) is 1.56. The van der Waals surface area contributed by atoms with E-state index in [2.05, 4.69) is 5.32 Å². The van der Waals surface area contributed by atoms with Crippen LogP contribution in [0, 0.1) is 0 Å². The molecule has 2 amide bonds. The molecule has 5 nitrogen and oxygen atoms in total. The molecule has 0 aliphatic heterocycles. The number of hydrogen-bond acceptors (Lipinski definition) is 3. The van der Waals surface area contributed by atoms with Crippen LogP contribution in [-0.4, -0.2) is 36.1 Å². The highest BCUT2D eigenvalue weighted by molar-refractivity contribution is 6.02. The summed E-state index contributed by atoms with van der Waals surface area (Å²) in [6.45, 7) is 5.27. The standard InChI is InChI=1S/C18H22N2O3/c1-18(2,3)23-16(21)12-20(4)17(22)19-15-11-7-9-13-8-5-6-10-14(13)15/h5-11H,12H2,1-4H3,(H,19,22). The lowest BCUT2D eigenvalue weighted by Crippen LogP contribution is -2.38. The third-order valence-corrected chi connectivity index (χ3v) is 3.16. The smallest absolute Gasteiger partial charge is 0.326 e. The number of likely N-dealkylation sites (N-methyl/N-ethyl adjacent to an activating group) is 1. The number of rotatable bonds is 3. The molecular weight excluding hydrogens is 292 g/mol. The van der Waals surface area contributed by atoms with Gasteiger partial charge >= 0.3 is 12.0 Å². The summed E-state index contributed by atoms with van der Waals surface area (Å²) in [6, 6.07) is 13.1. The first-order valence-corrected chi connectivity index (χ1v) is 7.48. The first-order chi connectivity index (χ1) is 10.8. The molecule has 0 aliphatic carbocycles. The Morgan fingerprint density at radius 3 is 2.43 bits per heavy atom. The number of ether oxygens (including phenoxy) is 1. The number of anilines is 1. The average Bonchev–Trinajstić information content (AvgIpc) is 2.45. The Kier molecular flexibility index (Phi) is 4.89. The molecule has 23 heavy (non-hydrogen) atoms. The summed E-state index contributed by atoms with van der Waals surface area (Å²) in [5.41, 5.74) is 0.147. The zero-order chi connectivity index (χ0) is 17.0. The van der Waals surface area contributed by atoms with Gasteiger partial charge in [-0.2, -0.15) is 0 Å². The molecule has 0 saturated heterocycles. The summed E-state index contributed by atoms with van der Waals surface area (Å²) in [6.07, 6.45) is 0. The van der Waals surface area contributed by atoms with E-state index in [0.29, 0.717) is 5.69 Å². The zero-order valence-electron chi connectivity index (χ0n) is 13.9. The summed E-state index contributed by atoms with van der Waals surface area (Å²) >= 11 is 0. The number of hydrogen-bond donors (Lipinski definition) is 1. The quantitative estimate of drug-likeness (QED) is 0.880. The minimum absolute atomic E-state index is 0.103. The van der Waals surface area contributed by atoms with E-state index in [9.17, 15) is 9.59 Å². The number of urea groups is 1. The van der Waals surface area contributed by atoms with Crippen molar-refractivity contribution >= 4 is 28.5 Å². The van der Waals surface area contributed by atoms with Crippen LogP contribution in [0.1, 0.15) is 20.8 Å². The van der Waals surface area contributed by atoms with Gasteiger partial charge < -0.3 is 15.0 Å². The van der Waals surface area contributed by atoms with Gasteiger partial charge in [-0.05, 0) is 32.2 Å². The fraction of sp³-hybridized carbons (Fsp3) is 0.333. The lowest BCUT2D eigenvalue weighted by atomic mass is 10.1. The highest BCUT2D eigenvalue weighted by Crippen LogP contribution is 2.23. The van der Waals surface area contributed by atoms with E-state index in [-0.39, 0.29) is 12.6 Å². The van der Waals surface area contributed by atoms with Crippen LogP contribution in [0.4, 0.5) is 10.5 Å². The Labute approximate surface area is 136 Å². The van der Waals surface area contributed by atoms with E-state index in [1.54, 1.807) is 27.8 Å². The summed E-state index contributed by atoms with van der Waals surface area (Å²) in [5.74, 6) is -0.437. The summed E-state index contributed by atoms with van der Waals surface area (Å²) < 4.78 is 5.22. The minimum Gasteiger partial charge on any atom is -0.459 e. The normalized spacial score (nSPS) is 11.1. The Morgan fingerprint density at radius 2 is 1.74 bits per heavy atom. The van der Waals surface area contributed by atoms with Gasteiger partial charge in [0.2, 0.25) is 0 Å². The predicted molar refractivity (Wildman–Crippen MR) is 91.4 cm³/mol. The monoisotopic (exact) mass is 314 g/mol. The van der Waals surface area contributed by atoms with Gasteiger partial charge in [0.15, 0.2) is 0 Å². The Morgan fingerprint density at radius 1 is 1.09 bits per heavy atom. The van der Waals surface area contributed by atoms with Crippen molar-refractivity contribution in [3.05, 3.63) is 42.5 Å². The van der Waals surface area contributed by atoms with Gasteiger partial charge in [-0.15, -0.1) is 0 Å². The second kappa shape index (κ2) is 6.69. The van der Waals surface area contributed by atoms with Crippen LogP contribution in [0.3, 0.4) is 0 Å². The van der Waals surface area contributed by atoms with Gasteiger partial charge in [-0.3, -0.25) is 4.79 Å². The fourth-order valence-corrected chi connectivity index (χ4v) is 2.18. The van der Waals surface area contributed by atoms with Crippen molar-refractivity contribution in [3.63, 3.8) is 0 Å². The number of amides is 2. The van der Waals surface area contributed by atoms with E-state index in [4.69, 9.17) is 4.74 Å². The van der Waals surface area contributed by atoms with E-state index >= 15 is 0 Å². The van der Waals surface area contributed by atoms with Crippen molar-refractivity contribution in [2.75, 3.05) is 18.9 Å². The third-order valence-electron chi connectivity index (χ3n) is 3.16. The molecule has 1 N–H and O–H groups in total. The van der Waals surface area contributed by atoms with Crippen LogP contribution in [0.2, 0.25) is 0 Å². The van der Waals surface area contributed by atoms with E-state index in [1.807, 2.05) is 42.5 Å². The third kappa shape index (κ3) is 4.71. The highest BCUT2D eigenvalue weighted by atomic mass is 16.6. The molecule has 0 aliphatic rings. The van der Waals surface area contributed by atoms with E-state index in [0.717, 1.165) is 10.8 Å². The number of benzene rings is 2. The van der Waals surface area contributed by atoms with Crippen molar-refractivity contribution < 1.29 is 14.3 Å². The van der Waals surface area contributed by atoms with Crippen molar-refractivity contribution in [2.24, 2.45) is 0 Å². The van der Waals surface area contributed by atoms with Crippen LogP contribution in [0.25, 0.3) is 10.8 Å². The van der Waals surface area contributed by atoms with Crippen LogP contribution in [-0.2, 0) is 9.53 Å². The molecule has 0 atom stereocenters. The number of nitrogens with one attached hydrogen (secondary N) is 1. The van der Waals surface area contributed by atoms with Crippen molar-refractivity contribution in [3.8, 4) is 0 Å². The molecule has 0 aromatic heterocycles. The SMILES string of the molecule is CN(CC(=O)OC(C)(C)C)C(=O)Nc1cccc2ccccc12. The Bertz CT molecular complexity index is 714. The van der Waals surface area contributed by atoms with Crippen molar-refractivity contribution in [2.45, 2.75) is 26.4 Å². The van der Waals surface area contributed by atoms with Crippen LogP contribution in [0.15, 0.2) is 42.5 Å². The molecule has 122 valence electrons. The molecule has 0 saturated carbocycles. The predicted octanol–water partition coefficient (Wildman–Crippen LogP) is 3.65. The average molecular weight is 314 g/mol. The number of esters is 1. The maximum absolute atomic E-state index is 12.3. The first kappa shape index (κ1) is 16.8. The number of carbonyl (C=O) groups excluding carboxylic acids is 2. The number of fused-ring (bicyclic) bond motifs is 1. The van der Waals surface area contributed by atoms with Crippen LogP contribution in [0.5, 0.6) is 0 Å². The molecule has 2 aromatic carbocycles. The molecule has 0 bridgehead atoms. The van der Waals surface area contributed by atoms with Gasteiger partial charge in [0.25, 0.3) is 0 Å². The molecule has 0 unspecified atom stereocenters. The maximum Gasteiger partial charge on any atom is 0.326 e. The van der Waals surface area contributed by atoms with E-state index < -0.39 is 11.6 Å². The van der Waals surface area contributed by atoms with E-state index in [1.165, 1.54) is 4.90 Å². The van der Waals surface area contributed by atoms with Crippen LogP contribution >= 0.6 is 0 Å². The number of nitrogens with zero attached hydrogens (tertiary/aromatic N) is 1. The molecular formula is C18H22N2O3. The minimum atomic E-state index is -0.565. The van der Waals surface area contributed by atoms with Gasteiger partial charge in [-0.1, -0.05) is 36.4 Å². The number of carbonyl (C=O) groups is 2.